The molecule has 92 valence electrons. The lowest BCUT2D eigenvalue weighted by Gasteiger charge is -2.14. The third-order valence-electron chi connectivity index (χ3n) is 2.20. The molecule has 0 fully saturated rings. The van der Waals surface area contributed by atoms with Gasteiger partial charge in [0.2, 0.25) is 0 Å². The fourth-order valence-corrected chi connectivity index (χ4v) is 1.36. The molecule has 0 amide bonds. The Morgan fingerprint density at radius 2 is 2.00 bits per heavy atom. The highest BCUT2D eigenvalue weighted by Gasteiger charge is 2.06. The minimum atomic E-state index is -0.905. The van der Waals surface area contributed by atoms with E-state index in [9.17, 15) is 14.1 Å². The lowest BCUT2D eigenvalue weighted by Crippen LogP contribution is -2.18. The van der Waals surface area contributed by atoms with Crippen LogP contribution in [0.4, 0.5) is 4.39 Å². The minimum absolute atomic E-state index is 0.00453. The second kappa shape index (κ2) is 6.57. The molecule has 6 heteroatoms. The van der Waals surface area contributed by atoms with Gasteiger partial charge in [-0.1, -0.05) is 12.1 Å². The van der Waals surface area contributed by atoms with Crippen molar-refractivity contribution in [3.8, 4) is 0 Å². The SMILES string of the molecule is O=NN(CCCC(=O)O)Cc1ccc(F)cc1. The fourth-order valence-electron chi connectivity index (χ4n) is 1.36. The Kier molecular flexibility index (Phi) is 5.06. The predicted molar refractivity (Wildman–Crippen MR) is 59.5 cm³/mol. The van der Waals surface area contributed by atoms with Crippen molar-refractivity contribution in [3.63, 3.8) is 0 Å². The molecule has 0 aliphatic rings. The first kappa shape index (κ1) is 13.1. The quantitative estimate of drug-likeness (QED) is 0.585. The van der Waals surface area contributed by atoms with Crippen LogP contribution >= 0.6 is 0 Å². The van der Waals surface area contributed by atoms with Crippen LogP contribution in [-0.2, 0) is 11.3 Å². The largest absolute Gasteiger partial charge is 0.481 e. The first-order chi connectivity index (χ1) is 8.11. The number of halogens is 1. The Balaban J connectivity index is 2.43. The summed E-state index contributed by atoms with van der Waals surface area (Å²) < 4.78 is 12.6. The Morgan fingerprint density at radius 1 is 1.35 bits per heavy atom. The van der Waals surface area contributed by atoms with Crippen LogP contribution in [0.3, 0.4) is 0 Å². The third kappa shape index (κ3) is 5.05. The Bertz CT molecular complexity index is 381. The van der Waals surface area contributed by atoms with Gasteiger partial charge in [-0.15, -0.1) is 4.91 Å². The van der Waals surface area contributed by atoms with Crippen molar-refractivity contribution >= 4 is 5.97 Å². The molecule has 0 bridgehead atoms. The summed E-state index contributed by atoms with van der Waals surface area (Å²) in [4.78, 5) is 20.8. The van der Waals surface area contributed by atoms with E-state index in [1.54, 1.807) is 12.1 Å². The molecule has 0 aliphatic carbocycles. The van der Waals surface area contributed by atoms with Crippen molar-refractivity contribution < 1.29 is 14.3 Å². The number of nitrogens with zero attached hydrogens (tertiary/aromatic N) is 2. The Labute approximate surface area is 97.8 Å². The van der Waals surface area contributed by atoms with Crippen molar-refractivity contribution in [2.45, 2.75) is 19.4 Å². The molecule has 0 aliphatic heterocycles. The van der Waals surface area contributed by atoms with E-state index in [0.29, 0.717) is 6.42 Å². The normalized spacial score (nSPS) is 9.94. The van der Waals surface area contributed by atoms with Gasteiger partial charge in [-0.2, -0.15) is 0 Å². The van der Waals surface area contributed by atoms with Crippen LogP contribution in [-0.4, -0.2) is 22.6 Å². The maximum Gasteiger partial charge on any atom is 0.303 e. The molecule has 5 nitrogen and oxygen atoms in total. The molecule has 0 heterocycles. The molecule has 0 aromatic heterocycles. The number of nitroso groups, excluding NO2 is 1. The smallest absolute Gasteiger partial charge is 0.303 e. The van der Waals surface area contributed by atoms with Gasteiger partial charge < -0.3 is 5.11 Å². The number of rotatable bonds is 7. The number of hydrogen-bond donors (Lipinski definition) is 1. The summed E-state index contributed by atoms with van der Waals surface area (Å²) >= 11 is 0. The van der Waals surface area contributed by atoms with Crippen molar-refractivity contribution in [2.75, 3.05) is 6.54 Å². The summed E-state index contributed by atoms with van der Waals surface area (Å²) in [5.41, 5.74) is 0.751. The standard InChI is InChI=1S/C11H13FN2O3/c12-10-5-3-9(4-6-10)8-14(13-17)7-1-2-11(15)16/h3-6H,1-2,7-8H2,(H,15,16). The van der Waals surface area contributed by atoms with Crippen molar-refractivity contribution in [2.24, 2.45) is 5.29 Å². The maximum absolute atomic E-state index is 12.6. The molecule has 1 rings (SSSR count). The lowest BCUT2D eigenvalue weighted by atomic mass is 10.2. The van der Waals surface area contributed by atoms with Gasteiger partial charge >= 0.3 is 5.97 Å². The first-order valence-electron chi connectivity index (χ1n) is 5.16. The molecular weight excluding hydrogens is 227 g/mol. The van der Waals surface area contributed by atoms with Gasteiger partial charge in [0.1, 0.15) is 5.82 Å². The molecule has 0 saturated heterocycles. The molecule has 1 aromatic carbocycles. The van der Waals surface area contributed by atoms with Gasteiger partial charge in [-0.05, 0) is 24.1 Å². The number of carbonyl (C=O) groups is 1. The van der Waals surface area contributed by atoms with Gasteiger partial charge in [-0.25, -0.2) is 4.39 Å². The van der Waals surface area contributed by atoms with E-state index in [2.05, 4.69) is 5.29 Å². The first-order valence-corrected chi connectivity index (χ1v) is 5.16. The summed E-state index contributed by atoms with van der Waals surface area (Å²) in [5.74, 6) is -1.25. The van der Waals surface area contributed by atoms with Crippen LogP contribution in [0.15, 0.2) is 29.6 Å². The van der Waals surface area contributed by atoms with Crippen LogP contribution in [0.25, 0.3) is 0 Å². The van der Waals surface area contributed by atoms with Crippen molar-refractivity contribution in [1.82, 2.24) is 5.01 Å². The molecule has 0 unspecified atom stereocenters. The van der Waals surface area contributed by atoms with Crippen LogP contribution in [0, 0.1) is 10.7 Å². The molecule has 0 spiro atoms. The monoisotopic (exact) mass is 240 g/mol. The summed E-state index contributed by atoms with van der Waals surface area (Å²) in [6.07, 6.45) is 0.345. The van der Waals surface area contributed by atoms with E-state index in [1.165, 1.54) is 17.1 Å². The highest BCUT2D eigenvalue weighted by atomic mass is 19.1. The van der Waals surface area contributed by atoms with Crippen LogP contribution in [0.2, 0.25) is 0 Å². The predicted octanol–water partition coefficient (Wildman–Crippen LogP) is 2.17. The zero-order valence-corrected chi connectivity index (χ0v) is 9.17. The van der Waals surface area contributed by atoms with Gasteiger partial charge in [0.25, 0.3) is 0 Å². The molecule has 0 saturated carbocycles. The molecule has 0 atom stereocenters. The number of hydrogen-bond acceptors (Lipinski definition) is 3. The fraction of sp³-hybridized carbons (Fsp3) is 0.364. The second-order valence-corrected chi connectivity index (χ2v) is 3.59. The van der Waals surface area contributed by atoms with E-state index in [-0.39, 0.29) is 25.3 Å². The van der Waals surface area contributed by atoms with Crippen LogP contribution < -0.4 is 0 Å². The van der Waals surface area contributed by atoms with Crippen molar-refractivity contribution in [1.29, 1.82) is 0 Å². The van der Waals surface area contributed by atoms with Crippen molar-refractivity contribution in [3.05, 3.63) is 40.6 Å². The molecule has 0 radical (unpaired) electrons. The average molecular weight is 240 g/mol. The number of aliphatic carboxylic acids is 1. The lowest BCUT2D eigenvalue weighted by molar-refractivity contribution is -0.137. The number of carboxylic acid groups (broad SMARTS) is 1. The maximum atomic E-state index is 12.6. The van der Waals surface area contributed by atoms with Gasteiger partial charge in [0.05, 0.1) is 11.8 Å². The van der Waals surface area contributed by atoms with Gasteiger partial charge in [0.15, 0.2) is 0 Å². The molecule has 17 heavy (non-hydrogen) atoms. The minimum Gasteiger partial charge on any atom is -0.481 e. The number of benzene rings is 1. The highest BCUT2D eigenvalue weighted by Crippen LogP contribution is 2.08. The summed E-state index contributed by atoms with van der Waals surface area (Å²) in [6, 6.07) is 5.72. The zero-order valence-electron chi connectivity index (χ0n) is 9.17. The highest BCUT2D eigenvalue weighted by molar-refractivity contribution is 5.66. The zero-order chi connectivity index (χ0) is 12.7. The van der Waals surface area contributed by atoms with Gasteiger partial charge in [0, 0.05) is 13.0 Å². The van der Waals surface area contributed by atoms with Gasteiger partial charge in [-0.3, -0.25) is 9.80 Å². The summed E-state index contributed by atoms with van der Waals surface area (Å²) in [7, 11) is 0. The topological polar surface area (TPSA) is 70.0 Å². The average Bonchev–Trinajstić information content (AvgIpc) is 2.30. The molecular formula is C11H13FN2O3. The Morgan fingerprint density at radius 3 is 2.53 bits per heavy atom. The van der Waals surface area contributed by atoms with Crippen LogP contribution in [0.1, 0.15) is 18.4 Å². The second-order valence-electron chi connectivity index (χ2n) is 3.59. The van der Waals surface area contributed by atoms with E-state index in [4.69, 9.17) is 5.11 Å². The number of carboxylic acids is 1. The third-order valence-corrected chi connectivity index (χ3v) is 2.20. The molecule has 1 aromatic rings. The van der Waals surface area contributed by atoms with E-state index < -0.39 is 5.97 Å². The molecule has 1 N–H and O–H groups in total. The summed E-state index contributed by atoms with van der Waals surface area (Å²) in [6.45, 7) is 0.524. The van der Waals surface area contributed by atoms with E-state index in [0.717, 1.165) is 5.56 Å². The van der Waals surface area contributed by atoms with E-state index in [1.807, 2.05) is 0 Å². The van der Waals surface area contributed by atoms with E-state index >= 15 is 0 Å². The summed E-state index contributed by atoms with van der Waals surface area (Å²) in [5, 5.41) is 12.5. The Hall–Kier alpha value is -1.98. The van der Waals surface area contributed by atoms with Crippen LogP contribution in [0.5, 0.6) is 0 Å².